The summed E-state index contributed by atoms with van der Waals surface area (Å²) in [6, 6.07) is 12.9. The summed E-state index contributed by atoms with van der Waals surface area (Å²) >= 11 is 0. The van der Waals surface area contributed by atoms with E-state index in [4.69, 9.17) is 5.73 Å². The van der Waals surface area contributed by atoms with Crippen LogP contribution in [-0.4, -0.2) is 43.2 Å². The highest BCUT2D eigenvalue weighted by Crippen LogP contribution is 2.38. The lowest BCUT2D eigenvalue weighted by Gasteiger charge is -2.38. The van der Waals surface area contributed by atoms with E-state index in [1.165, 1.54) is 5.69 Å². The van der Waals surface area contributed by atoms with Crippen LogP contribution in [0.15, 0.2) is 30.3 Å². The van der Waals surface area contributed by atoms with Crippen LogP contribution in [0.4, 0.5) is 5.69 Å². The molecule has 1 saturated heterocycles. The van der Waals surface area contributed by atoms with Gasteiger partial charge in [-0.3, -0.25) is 4.90 Å². The summed E-state index contributed by atoms with van der Waals surface area (Å²) in [6.45, 7) is 4.72. The van der Waals surface area contributed by atoms with Crippen molar-refractivity contribution >= 4 is 5.69 Å². The Balaban J connectivity index is 1.55. The van der Waals surface area contributed by atoms with Crippen LogP contribution < -0.4 is 10.6 Å². The SMILES string of the molecule is N#CC(N)(CN1CCN(c2ccccc2)CC1)C1CC1. The van der Waals surface area contributed by atoms with Gasteiger partial charge in [0, 0.05) is 38.4 Å². The third-order valence-corrected chi connectivity index (χ3v) is 4.49. The second-order valence-electron chi connectivity index (χ2n) is 6.03. The summed E-state index contributed by atoms with van der Waals surface area (Å²) in [5, 5.41) is 9.34. The van der Waals surface area contributed by atoms with Gasteiger partial charge in [0.15, 0.2) is 0 Å². The Kier molecular flexibility index (Phi) is 3.64. The van der Waals surface area contributed by atoms with E-state index in [0.29, 0.717) is 5.92 Å². The molecule has 1 aromatic rings. The van der Waals surface area contributed by atoms with Gasteiger partial charge in [0.25, 0.3) is 0 Å². The predicted molar refractivity (Wildman–Crippen MR) is 80.4 cm³/mol. The van der Waals surface area contributed by atoms with Crippen molar-refractivity contribution in [3.8, 4) is 6.07 Å². The Morgan fingerprint density at radius 2 is 1.80 bits per heavy atom. The molecule has 2 fully saturated rings. The van der Waals surface area contributed by atoms with Gasteiger partial charge in [0.1, 0.15) is 5.54 Å². The maximum Gasteiger partial charge on any atom is 0.119 e. The van der Waals surface area contributed by atoms with Crippen molar-refractivity contribution in [2.24, 2.45) is 11.7 Å². The van der Waals surface area contributed by atoms with Gasteiger partial charge >= 0.3 is 0 Å². The van der Waals surface area contributed by atoms with Gasteiger partial charge in [-0.2, -0.15) is 5.26 Å². The number of nitrogens with zero attached hydrogens (tertiary/aromatic N) is 3. The smallest absolute Gasteiger partial charge is 0.119 e. The van der Waals surface area contributed by atoms with Crippen LogP contribution in [0.3, 0.4) is 0 Å². The molecule has 1 aliphatic heterocycles. The fourth-order valence-corrected chi connectivity index (χ4v) is 3.03. The van der Waals surface area contributed by atoms with E-state index in [2.05, 4.69) is 40.1 Å². The van der Waals surface area contributed by atoms with E-state index < -0.39 is 5.54 Å². The summed E-state index contributed by atoms with van der Waals surface area (Å²) in [7, 11) is 0. The first-order valence-corrected chi connectivity index (χ1v) is 7.44. The molecule has 1 aromatic carbocycles. The summed E-state index contributed by atoms with van der Waals surface area (Å²) < 4.78 is 0. The normalized spacial score (nSPS) is 23.1. The van der Waals surface area contributed by atoms with Crippen LogP contribution in [0.2, 0.25) is 0 Å². The van der Waals surface area contributed by atoms with E-state index in [0.717, 1.165) is 45.6 Å². The summed E-state index contributed by atoms with van der Waals surface area (Å²) in [6.07, 6.45) is 2.24. The second-order valence-corrected chi connectivity index (χ2v) is 6.03. The van der Waals surface area contributed by atoms with Crippen molar-refractivity contribution in [3.63, 3.8) is 0 Å². The Bertz CT molecular complexity index is 483. The average Bonchev–Trinajstić information content (AvgIpc) is 3.34. The first-order chi connectivity index (χ1) is 9.71. The molecule has 3 rings (SSSR count). The van der Waals surface area contributed by atoms with Crippen molar-refractivity contribution < 1.29 is 0 Å². The van der Waals surface area contributed by atoms with E-state index in [9.17, 15) is 5.26 Å². The summed E-state index contributed by atoms with van der Waals surface area (Å²) in [5.41, 5.74) is 6.92. The van der Waals surface area contributed by atoms with Crippen LogP contribution in [0.25, 0.3) is 0 Å². The molecule has 2 aliphatic rings. The van der Waals surface area contributed by atoms with Crippen LogP contribution in [0.5, 0.6) is 0 Å². The highest BCUT2D eigenvalue weighted by Gasteiger charge is 2.43. The number of hydrogen-bond acceptors (Lipinski definition) is 4. The highest BCUT2D eigenvalue weighted by molar-refractivity contribution is 5.46. The van der Waals surface area contributed by atoms with Gasteiger partial charge in [-0.15, -0.1) is 0 Å². The quantitative estimate of drug-likeness (QED) is 0.899. The largest absolute Gasteiger partial charge is 0.369 e. The number of hydrogen-bond donors (Lipinski definition) is 1. The van der Waals surface area contributed by atoms with Crippen molar-refractivity contribution in [1.82, 2.24) is 4.90 Å². The monoisotopic (exact) mass is 270 g/mol. The molecule has 0 amide bonds. The number of benzene rings is 1. The zero-order valence-corrected chi connectivity index (χ0v) is 11.8. The zero-order valence-electron chi connectivity index (χ0n) is 11.8. The van der Waals surface area contributed by atoms with Crippen LogP contribution in [-0.2, 0) is 0 Å². The molecule has 1 heterocycles. The Morgan fingerprint density at radius 1 is 1.15 bits per heavy atom. The van der Waals surface area contributed by atoms with Gasteiger partial charge in [-0.05, 0) is 30.9 Å². The molecule has 0 radical (unpaired) electrons. The maximum atomic E-state index is 9.34. The minimum absolute atomic E-state index is 0.416. The van der Waals surface area contributed by atoms with Crippen LogP contribution >= 0.6 is 0 Å². The molecule has 20 heavy (non-hydrogen) atoms. The van der Waals surface area contributed by atoms with Crippen molar-refractivity contribution in [2.75, 3.05) is 37.6 Å². The highest BCUT2D eigenvalue weighted by atomic mass is 15.3. The minimum Gasteiger partial charge on any atom is -0.369 e. The van der Waals surface area contributed by atoms with E-state index >= 15 is 0 Å². The molecule has 1 saturated carbocycles. The Morgan fingerprint density at radius 3 is 2.35 bits per heavy atom. The van der Waals surface area contributed by atoms with E-state index in [1.54, 1.807) is 0 Å². The molecule has 4 heteroatoms. The Labute approximate surface area is 120 Å². The average molecular weight is 270 g/mol. The minimum atomic E-state index is -0.630. The molecule has 4 nitrogen and oxygen atoms in total. The number of nitriles is 1. The predicted octanol–water partition coefficient (Wildman–Crippen LogP) is 1.44. The fourth-order valence-electron chi connectivity index (χ4n) is 3.03. The van der Waals surface area contributed by atoms with Crippen molar-refractivity contribution in [2.45, 2.75) is 18.4 Å². The van der Waals surface area contributed by atoms with Gasteiger partial charge in [-0.1, -0.05) is 18.2 Å². The van der Waals surface area contributed by atoms with Gasteiger partial charge < -0.3 is 10.6 Å². The number of nitrogens with two attached hydrogens (primary N) is 1. The molecule has 1 atom stereocenters. The third-order valence-electron chi connectivity index (χ3n) is 4.49. The van der Waals surface area contributed by atoms with Crippen LogP contribution in [0.1, 0.15) is 12.8 Å². The lowest BCUT2D eigenvalue weighted by Crippen LogP contribution is -2.56. The molecule has 106 valence electrons. The maximum absolute atomic E-state index is 9.34. The topological polar surface area (TPSA) is 56.3 Å². The molecule has 0 bridgehead atoms. The molecule has 1 aliphatic carbocycles. The first-order valence-electron chi connectivity index (χ1n) is 7.44. The molecule has 0 aromatic heterocycles. The standard InChI is InChI=1S/C16H22N4/c17-12-16(18,14-6-7-14)13-19-8-10-20(11-9-19)15-4-2-1-3-5-15/h1-5,14H,6-11,13,18H2. The van der Waals surface area contributed by atoms with Crippen molar-refractivity contribution in [1.29, 1.82) is 5.26 Å². The van der Waals surface area contributed by atoms with Crippen molar-refractivity contribution in [3.05, 3.63) is 30.3 Å². The molecular weight excluding hydrogens is 248 g/mol. The fraction of sp³-hybridized carbons (Fsp3) is 0.562. The third kappa shape index (κ3) is 2.79. The van der Waals surface area contributed by atoms with Crippen LogP contribution in [0, 0.1) is 17.2 Å². The first kappa shape index (κ1) is 13.4. The van der Waals surface area contributed by atoms with Gasteiger partial charge in [-0.25, -0.2) is 0 Å². The molecule has 2 N–H and O–H groups in total. The van der Waals surface area contributed by atoms with Gasteiger partial charge in [0.05, 0.1) is 6.07 Å². The summed E-state index contributed by atoms with van der Waals surface area (Å²) in [4.78, 5) is 4.75. The zero-order chi connectivity index (χ0) is 14.0. The number of para-hydroxylation sites is 1. The lowest BCUT2D eigenvalue weighted by atomic mass is 9.95. The second kappa shape index (κ2) is 5.43. The number of rotatable bonds is 4. The van der Waals surface area contributed by atoms with E-state index in [1.807, 2.05) is 6.07 Å². The number of piperazine rings is 1. The molecular formula is C16H22N4. The van der Waals surface area contributed by atoms with Gasteiger partial charge in [0.2, 0.25) is 0 Å². The molecule has 0 spiro atoms. The number of anilines is 1. The Hall–Kier alpha value is -1.57. The molecule has 1 unspecified atom stereocenters. The lowest BCUT2D eigenvalue weighted by molar-refractivity contribution is 0.210. The van der Waals surface area contributed by atoms with E-state index in [-0.39, 0.29) is 0 Å². The summed E-state index contributed by atoms with van der Waals surface area (Å²) in [5.74, 6) is 0.416.